The van der Waals surface area contributed by atoms with E-state index in [1.165, 1.54) is 12.1 Å². The van der Waals surface area contributed by atoms with Gasteiger partial charge in [0, 0.05) is 17.9 Å². The first-order valence-corrected chi connectivity index (χ1v) is 9.32. The molecule has 23 heavy (non-hydrogen) atoms. The third-order valence-electron chi connectivity index (χ3n) is 4.43. The molecule has 0 bridgehead atoms. The monoisotopic (exact) mass is 354 g/mol. The minimum Gasteiger partial charge on any atom is -0.506 e. The van der Waals surface area contributed by atoms with Crippen LogP contribution in [0.4, 0.5) is 0 Å². The fraction of sp³-hybridized carbons (Fsp3) is 0.375. The van der Waals surface area contributed by atoms with Gasteiger partial charge in [0.15, 0.2) is 21.4 Å². The van der Waals surface area contributed by atoms with Crippen LogP contribution in [-0.2, 0) is 25.8 Å². The lowest BCUT2D eigenvalue weighted by Gasteiger charge is -2.20. The fourth-order valence-electron chi connectivity index (χ4n) is 3.03. The van der Waals surface area contributed by atoms with Gasteiger partial charge < -0.3 is 5.11 Å². The molecule has 1 aromatic carbocycles. The molecule has 7 heteroatoms. The largest absolute Gasteiger partial charge is 0.506 e. The van der Waals surface area contributed by atoms with Gasteiger partial charge in [-0.25, -0.2) is 8.42 Å². The predicted octanol–water partition coefficient (Wildman–Crippen LogP) is 2.51. The van der Waals surface area contributed by atoms with Gasteiger partial charge in [-0.3, -0.25) is 9.59 Å². The van der Waals surface area contributed by atoms with Crippen LogP contribution >= 0.6 is 11.6 Å². The van der Waals surface area contributed by atoms with Crippen LogP contribution in [0.1, 0.15) is 30.9 Å². The number of allylic oxidation sites excluding steroid dienone is 1. The number of hydrogen-bond acceptors (Lipinski definition) is 5. The molecule has 122 valence electrons. The number of carbonyl (C=O) groups excluding carboxylic acids is 2. The van der Waals surface area contributed by atoms with Gasteiger partial charge in [0.05, 0.1) is 15.7 Å². The van der Waals surface area contributed by atoms with Crippen molar-refractivity contribution in [2.24, 2.45) is 5.92 Å². The highest BCUT2D eigenvalue weighted by Gasteiger charge is 2.35. The van der Waals surface area contributed by atoms with E-state index in [4.69, 9.17) is 11.6 Å². The smallest absolute Gasteiger partial charge is 0.179 e. The molecular formula is C16H15ClO5S. The lowest BCUT2D eigenvalue weighted by molar-refractivity contribution is -0.126. The van der Waals surface area contributed by atoms with Gasteiger partial charge in [-0.1, -0.05) is 18.5 Å². The number of hydrogen-bond donors (Lipinski definition) is 1. The van der Waals surface area contributed by atoms with Crippen LogP contribution in [0.3, 0.4) is 0 Å². The second-order valence-electron chi connectivity index (χ2n) is 5.92. The zero-order chi connectivity index (χ0) is 16.9. The minimum atomic E-state index is -3.34. The average Bonchev–Trinajstić information content (AvgIpc) is 2.80. The van der Waals surface area contributed by atoms with Crippen molar-refractivity contribution in [3.63, 3.8) is 0 Å². The Bertz CT molecular complexity index is 867. The number of Topliss-reactive ketones (excluding diaryl/α,β-unsaturated/α-hetero) is 2. The van der Waals surface area contributed by atoms with Gasteiger partial charge >= 0.3 is 0 Å². The van der Waals surface area contributed by atoms with Crippen molar-refractivity contribution in [1.29, 1.82) is 0 Å². The van der Waals surface area contributed by atoms with Gasteiger partial charge in [-0.2, -0.15) is 0 Å². The molecule has 3 rings (SSSR count). The topological polar surface area (TPSA) is 88.5 Å². The molecule has 0 radical (unpaired) electrons. The summed E-state index contributed by atoms with van der Waals surface area (Å²) in [6, 6.07) is 2.73. The van der Waals surface area contributed by atoms with Gasteiger partial charge in [-0.15, -0.1) is 0 Å². The van der Waals surface area contributed by atoms with Crippen LogP contribution in [0, 0.1) is 5.92 Å². The number of benzene rings is 1. The number of aliphatic hydroxyl groups is 1. The summed E-state index contributed by atoms with van der Waals surface area (Å²) in [6.45, 7) is 1.71. The molecule has 0 saturated heterocycles. The summed E-state index contributed by atoms with van der Waals surface area (Å²) in [6.07, 6.45) is 0.916. The molecule has 1 fully saturated rings. The van der Waals surface area contributed by atoms with Crippen LogP contribution in [0.15, 0.2) is 22.6 Å². The molecular weight excluding hydrogens is 340 g/mol. The molecule has 0 spiro atoms. The number of fused-ring (bicyclic) bond motifs is 1. The van der Waals surface area contributed by atoms with Gasteiger partial charge in [0.1, 0.15) is 11.3 Å². The van der Waals surface area contributed by atoms with Crippen molar-refractivity contribution in [2.45, 2.75) is 31.1 Å². The Morgan fingerprint density at radius 2 is 1.96 bits per heavy atom. The zero-order valence-corrected chi connectivity index (χ0v) is 14.0. The summed E-state index contributed by atoms with van der Waals surface area (Å²) >= 11 is 6.25. The van der Waals surface area contributed by atoms with E-state index in [1.807, 2.05) is 0 Å². The predicted molar refractivity (Wildman–Crippen MR) is 85.2 cm³/mol. The highest BCUT2D eigenvalue weighted by molar-refractivity contribution is 7.91. The molecule has 1 aliphatic heterocycles. The summed E-state index contributed by atoms with van der Waals surface area (Å²) in [5.74, 6) is -1.63. The molecule has 5 nitrogen and oxygen atoms in total. The Hall–Kier alpha value is -1.66. The molecule has 0 aromatic heterocycles. The van der Waals surface area contributed by atoms with Crippen LogP contribution in [-0.4, -0.2) is 30.8 Å². The Kier molecular flexibility index (Phi) is 3.84. The maximum Gasteiger partial charge on any atom is 0.179 e. The molecule has 1 aliphatic carbocycles. The van der Waals surface area contributed by atoms with Crippen LogP contribution < -0.4 is 0 Å². The highest BCUT2D eigenvalue weighted by Crippen LogP contribution is 2.38. The van der Waals surface area contributed by atoms with E-state index < -0.39 is 27.2 Å². The first-order valence-electron chi connectivity index (χ1n) is 7.29. The van der Waals surface area contributed by atoms with Crippen LogP contribution in [0.5, 0.6) is 0 Å². The lowest BCUT2D eigenvalue weighted by atomic mass is 9.83. The molecule has 2 aliphatic rings. The molecule has 0 amide bonds. The standard InChI is InChI=1S/C16H15ClO5S/c1-8-2-4-11(18)13(15(8)19)16(20)10-3-5-12-9(14(10)17)6-7-23(12,21)22/h3,5,8,20H,2,4,6-7H2,1H3. The van der Waals surface area contributed by atoms with Crippen LogP contribution in [0.25, 0.3) is 5.76 Å². The second kappa shape index (κ2) is 5.46. The number of aliphatic hydroxyl groups excluding tert-OH is 1. The third-order valence-corrected chi connectivity index (χ3v) is 6.65. The number of rotatable bonds is 1. The van der Waals surface area contributed by atoms with Crippen molar-refractivity contribution in [3.05, 3.63) is 33.9 Å². The van der Waals surface area contributed by atoms with E-state index in [0.29, 0.717) is 12.0 Å². The number of halogens is 1. The lowest BCUT2D eigenvalue weighted by Crippen LogP contribution is -2.27. The average molecular weight is 355 g/mol. The number of ketones is 2. The molecule has 1 atom stereocenters. The highest BCUT2D eigenvalue weighted by atomic mass is 35.5. The number of carbonyl (C=O) groups is 2. The first-order chi connectivity index (χ1) is 10.7. The Morgan fingerprint density at radius 3 is 2.65 bits per heavy atom. The molecule has 1 N–H and O–H groups in total. The van der Waals surface area contributed by atoms with Crippen molar-refractivity contribution < 1.29 is 23.1 Å². The Labute approximate surface area is 138 Å². The van der Waals surface area contributed by atoms with E-state index in [-0.39, 0.29) is 45.6 Å². The van der Waals surface area contributed by atoms with Crippen molar-refractivity contribution in [2.75, 3.05) is 5.75 Å². The summed E-state index contributed by atoms with van der Waals surface area (Å²) in [7, 11) is -3.34. The van der Waals surface area contributed by atoms with E-state index in [9.17, 15) is 23.1 Å². The maximum absolute atomic E-state index is 12.2. The van der Waals surface area contributed by atoms with E-state index >= 15 is 0 Å². The van der Waals surface area contributed by atoms with Crippen molar-refractivity contribution in [1.82, 2.24) is 0 Å². The van der Waals surface area contributed by atoms with Gasteiger partial charge in [-0.05, 0) is 30.5 Å². The normalized spacial score (nSPS) is 25.4. The fourth-order valence-corrected chi connectivity index (χ4v) is 4.98. The summed E-state index contributed by atoms with van der Waals surface area (Å²) in [4.78, 5) is 24.4. The van der Waals surface area contributed by atoms with Gasteiger partial charge in [0.2, 0.25) is 0 Å². The summed E-state index contributed by atoms with van der Waals surface area (Å²) in [5.41, 5.74) is 0.333. The summed E-state index contributed by atoms with van der Waals surface area (Å²) < 4.78 is 23.8. The summed E-state index contributed by atoms with van der Waals surface area (Å²) in [5, 5.41) is 10.5. The number of sulfone groups is 1. The molecule has 1 unspecified atom stereocenters. The zero-order valence-electron chi connectivity index (χ0n) is 12.4. The molecule has 1 aromatic rings. The second-order valence-corrected chi connectivity index (χ2v) is 8.38. The van der Waals surface area contributed by atoms with E-state index in [1.54, 1.807) is 6.92 Å². The third kappa shape index (κ3) is 2.50. The van der Waals surface area contributed by atoms with E-state index in [2.05, 4.69) is 0 Å². The Balaban J connectivity index is 2.18. The maximum atomic E-state index is 12.2. The minimum absolute atomic E-state index is 0.0300. The first kappa shape index (κ1) is 16.2. The van der Waals surface area contributed by atoms with Crippen molar-refractivity contribution >= 4 is 38.8 Å². The van der Waals surface area contributed by atoms with Gasteiger partial charge in [0.25, 0.3) is 0 Å². The molecule has 1 saturated carbocycles. The quantitative estimate of drug-likeness (QED) is 0.475. The van der Waals surface area contributed by atoms with E-state index in [0.717, 1.165) is 0 Å². The van der Waals surface area contributed by atoms with Crippen molar-refractivity contribution in [3.8, 4) is 0 Å². The Morgan fingerprint density at radius 1 is 1.26 bits per heavy atom. The SMILES string of the molecule is CC1CCC(=O)C(=C(O)c2ccc3c(c2Cl)CCS3(=O)=O)C1=O. The van der Waals surface area contributed by atoms with Crippen LogP contribution in [0.2, 0.25) is 5.02 Å². The molecule has 1 heterocycles.